The second-order valence-electron chi connectivity index (χ2n) is 8.64. The summed E-state index contributed by atoms with van der Waals surface area (Å²) in [5.74, 6) is 0. The molecular formula is C18H28N4O5Si. The minimum Gasteiger partial charge on any atom is -0.414 e. The highest BCUT2D eigenvalue weighted by Crippen LogP contribution is 2.40. The molecule has 28 heavy (non-hydrogen) atoms. The van der Waals surface area contributed by atoms with E-state index < -0.39 is 44.0 Å². The van der Waals surface area contributed by atoms with E-state index in [1.807, 2.05) is 0 Å². The Balaban J connectivity index is 1.89. The molecule has 1 aliphatic heterocycles. The molecule has 9 nitrogen and oxygen atoms in total. The normalized spacial score (nSPS) is 25.9. The van der Waals surface area contributed by atoms with E-state index in [1.54, 1.807) is 23.3 Å². The lowest BCUT2D eigenvalue weighted by atomic mass is 10.1. The molecule has 0 saturated carbocycles. The predicted octanol–water partition coefficient (Wildman–Crippen LogP) is 1.25. The number of nitrogens with zero attached hydrogens (tertiary/aromatic N) is 3. The monoisotopic (exact) mass is 408 g/mol. The van der Waals surface area contributed by atoms with Gasteiger partial charge in [0.05, 0.1) is 12.9 Å². The molecule has 0 radical (unpaired) electrons. The highest BCUT2D eigenvalue weighted by atomic mass is 28.4. The zero-order valence-corrected chi connectivity index (χ0v) is 17.8. The first-order valence-corrected chi connectivity index (χ1v) is 12.2. The van der Waals surface area contributed by atoms with Crippen molar-refractivity contribution >= 4 is 8.32 Å². The third-order valence-corrected chi connectivity index (χ3v) is 10.2. The minimum absolute atomic E-state index is 0.0234. The fraction of sp³-hybridized carbons (Fsp3) is 0.611. The Hall–Kier alpha value is -2.01. The Labute approximate surface area is 164 Å². The highest BCUT2D eigenvalue weighted by molar-refractivity contribution is 6.74. The van der Waals surface area contributed by atoms with E-state index in [0.717, 1.165) is 0 Å². The van der Waals surface area contributed by atoms with Crippen LogP contribution < -0.4 is 11.2 Å². The van der Waals surface area contributed by atoms with Crippen molar-refractivity contribution in [3.8, 4) is 0 Å². The van der Waals surface area contributed by atoms with Gasteiger partial charge in [-0.25, -0.2) is 9.78 Å². The van der Waals surface area contributed by atoms with Gasteiger partial charge in [-0.2, -0.15) is 0 Å². The molecule has 3 heterocycles. The molecule has 0 unspecified atom stereocenters. The maximum Gasteiger partial charge on any atom is 0.330 e. The summed E-state index contributed by atoms with van der Waals surface area (Å²) in [5, 5.41) is 11.0. The molecule has 2 N–H and O–H groups in total. The number of aliphatic hydroxyl groups excluding tert-OH is 1. The number of rotatable bonds is 5. The summed E-state index contributed by atoms with van der Waals surface area (Å²) < 4.78 is 15.3. The third-order valence-electron chi connectivity index (χ3n) is 5.75. The fourth-order valence-corrected chi connectivity index (χ4v) is 4.01. The van der Waals surface area contributed by atoms with Crippen molar-refractivity contribution in [2.75, 3.05) is 6.61 Å². The van der Waals surface area contributed by atoms with Crippen molar-refractivity contribution in [1.82, 2.24) is 19.1 Å². The third kappa shape index (κ3) is 3.90. The number of aliphatic hydroxyl groups is 1. The van der Waals surface area contributed by atoms with Gasteiger partial charge in [0.25, 0.3) is 5.56 Å². The van der Waals surface area contributed by atoms with Crippen LogP contribution in [0, 0.1) is 0 Å². The van der Waals surface area contributed by atoms with E-state index in [4.69, 9.17) is 9.16 Å². The summed E-state index contributed by atoms with van der Waals surface area (Å²) in [5.41, 5.74) is -1.09. The van der Waals surface area contributed by atoms with Gasteiger partial charge < -0.3 is 18.8 Å². The van der Waals surface area contributed by atoms with Gasteiger partial charge in [-0.15, -0.1) is 0 Å². The van der Waals surface area contributed by atoms with Gasteiger partial charge in [-0.05, 0) is 18.1 Å². The molecule has 154 valence electrons. The Morgan fingerprint density at radius 1 is 1.32 bits per heavy atom. The molecular weight excluding hydrogens is 380 g/mol. The molecule has 0 amide bonds. The minimum atomic E-state index is -2.04. The summed E-state index contributed by atoms with van der Waals surface area (Å²) in [6.07, 6.45) is 3.91. The Kier molecular flexibility index (Phi) is 5.50. The van der Waals surface area contributed by atoms with E-state index >= 15 is 0 Å². The summed E-state index contributed by atoms with van der Waals surface area (Å²) in [6, 6.07) is 0.667. The number of imidazole rings is 1. The summed E-state index contributed by atoms with van der Waals surface area (Å²) in [7, 11) is -2.04. The average molecular weight is 409 g/mol. The van der Waals surface area contributed by atoms with E-state index in [1.165, 1.54) is 16.8 Å². The Bertz CT molecular complexity index is 915. The lowest BCUT2D eigenvalue weighted by Gasteiger charge is -2.37. The highest BCUT2D eigenvalue weighted by Gasteiger charge is 2.47. The molecule has 0 bridgehead atoms. The van der Waals surface area contributed by atoms with Gasteiger partial charge in [0, 0.05) is 24.7 Å². The maximum absolute atomic E-state index is 12.3. The number of aromatic amines is 1. The molecule has 2 aromatic heterocycles. The Morgan fingerprint density at radius 3 is 2.61 bits per heavy atom. The Morgan fingerprint density at radius 2 is 2.04 bits per heavy atom. The van der Waals surface area contributed by atoms with E-state index in [9.17, 15) is 14.7 Å². The van der Waals surface area contributed by atoms with Crippen LogP contribution in [0.25, 0.3) is 0 Å². The van der Waals surface area contributed by atoms with Crippen LogP contribution in [0.4, 0.5) is 0 Å². The second-order valence-corrected chi connectivity index (χ2v) is 13.5. The largest absolute Gasteiger partial charge is 0.414 e. The van der Waals surface area contributed by atoms with E-state index in [0.29, 0.717) is 0 Å². The van der Waals surface area contributed by atoms with Gasteiger partial charge in [0.1, 0.15) is 18.2 Å². The first-order chi connectivity index (χ1) is 13.0. The van der Waals surface area contributed by atoms with Gasteiger partial charge in [-0.3, -0.25) is 14.3 Å². The standard InChI is InChI=1S/C18H28N4O5Si/c1-18(2,3)28(4,5)26-10-12-15(24)14(21-9-7-19-11-21)16(27-12)22-8-6-13(23)20-17(22)25/h6-9,11-12,14-16,24H,10H2,1-5H3,(H,20,23,25)/t12-,14-,15+,16-/m1/s1. The lowest BCUT2D eigenvalue weighted by Crippen LogP contribution is -2.44. The van der Waals surface area contributed by atoms with E-state index in [-0.39, 0.29) is 11.6 Å². The number of hydrogen-bond acceptors (Lipinski definition) is 6. The molecule has 1 fully saturated rings. The first-order valence-electron chi connectivity index (χ1n) is 9.28. The van der Waals surface area contributed by atoms with Crippen molar-refractivity contribution in [2.45, 2.75) is 63.4 Å². The van der Waals surface area contributed by atoms with Crippen molar-refractivity contribution in [3.05, 3.63) is 51.8 Å². The molecule has 1 aliphatic rings. The molecule has 0 aromatic carbocycles. The molecule has 1 saturated heterocycles. The van der Waals surface area contributed by atoms with Crippen molar-refractivity contribution in [1.29, 1.82) is 0 Å². The van der Waals surface area contributed by atoms with Crippen LogP contribution in [0.5, 0.6) is 0 Å². The molecule has 3 rings (SSSR count). The number of ether oxygens (including phenoxy) is 1. The summed E-state index contributed by atoms with van der Waals surface area (Å²) >= 11 is 0. The quantitative estimate of drug-likeness (QED) is 0.721. The smallest absolute Gasteiger partial charge is 0.330 e. The zero-order valence-electron chi connectivity index (χ0n) is 16.8. The van der Waals surface area contributed by atoms with Crippen LogP contribution in [0.1, 0.15) is 33.0 Å². The number of H-pyrrole nitrogens is 1. The van der Waals surface area contributed by atoms with Crippen LogP contribution in [-0.4, -0.2) is 51.3 Å². The van der Waals surface area contributed by atoms with Gasteiger partial charge >= 0.3 is 5.69 Å². The predicted molar refractivity (Wildman–Crippen MR) is 106 cm³/mol. The zero-order chi connectivity index (χ0) is 20.7. The van der Waals surface area contributed by atoms with Crippen LogP contribution in [0.2, 0.25) is 18.1 Å². The van der Waals surface area contributed by atoms with Gasteiger partial charge in [-0.1, -0.05) is 20.8 Å². The van der Waals surface area contributed by atoms with Crippen LogP contribution in [-0.2, 0) is 9.16 Å². The van der Waals surface area contributed by atoms with Crippen LogP contribution >= 0.6 is 0 Å². The lowest BCUT2D eigenvalue weighted by molar-refractivity contribution is -0.0452. The van der Waals surface area contributed by atoms with Crippen molar-refractivity contribution in [3.63, 3.8) is 0 Å². The summed E-state index contributed by atoms with van der Waals surface area (Å²) in [4.78, 5) is 30.0. The number of hydrogen-bond donors (Lipinski definition) is 2. The fourth-order valence-electron chi connectivity index (χ4n) is 3.00. The molecule has 0 spiro atoms. The van der Waals surface area contributed by atoms with Gasteiger partial charge in [0.2, 0.25) is 0 Å². The van der Waals surface area contributed by atoms with Crippen LogP contribution in [0.15, 0.2) is 40.6 Å². The first kappa shape index (κ1) is 20.7. The SMILES string of the molecule is CC(C)(C)[Si](C)(C)OC[C@H]1O[C@@H](n2ccc(=O)[nH]c2=O)[C@H](n2ccnc2)[C@H]1O. The topological polar surface area (TPSA) is 111 Å². The summed E-state index contributed by atoms with van der Waals surface area (Å²) in [6.45, 7) is 10.9. The number of nitrogens with one attached hydrogen (secondary N) is 1. The van der Waals surface area contributed by atoms with Crippen molar-refractivity contribution in [2.24, 2.45) is 0 Å². The number of aromatic nitrogens is 4. The molecule has 10 heteroatoms. The molecule has 2 aromatic rings. The second kappa shape index (κ2) is 7.43. The maximum atomic E-state index is 12.3. The average Bonchev–Trinajstić information content (AvgIpc) is 3.20. The van der Waals surface area contributed by atoms with E-state index in [2.05, 4.69) is 43.8 Å². The van der Waals surface area contributed by atoms with Gasteiger partial charge in [0.15, 0.2) is 14.5 Å². The molecule has 4 atom stereocenters. The van der Waals surface area contributed by atoms with Crippen molar-refractivity contribution < 1.29 is 14.3 Å². The van der Waals surface area contributed by atoms with Crippen LogP contribution in [0.3, 0.4) is 0 Å². The molecule has 0 aliphatic carbocycles.